The molecule has 0 N–H and O–H groups in total. The molecule has 0 amide bonds. The minimum atomic E-state index is 1.10. The van der Waals surface area contributed by atoms with Gasteiger partial charge in [0.05, 0.1) is 11.9 Å². The van der Waals surface area contributed by atoms with Crippen molar-refractivity contribution in [2.24, 2.45) is 0 Å². The van der Waals surface area contributed by atoms with Crippen molar-refractivity contribution in [3.63, 3.8) is 0 Å². The first-order chi connectivity index (χ1) is 6.86. The van der Waals surface area contributed by atoms with Gasteiger partial charge in [-0.2, -0.15) is 17.7 Å². The van der Waals surface area contributed by atoms with Gasteiger partial charge in [-0.1, -0.05) is 18.2 Å². The average molecular weight is 206 g/mol. The van der Waals surface area contributed by atoms with Crippen LogP contribution in [0.2, 0.25) is 0 Å². The summed E-state index contributed by atoms with van der Waals surface area (Å²) < 4.78 is 1.87. The standard InChI is InChI=1S/C10H10N2.CH4S/c1-9-7-11-12(8-9)10-5-3-2-4-6-10;1-2/h2-8H,1H3;2H,1H3. The first kappa shape index (κ1) is 10.9. The molecule has 1 heterocycles. The fraction of sp³-hybridized carbons (Fsp3) is 0.182. The first-order valence-corrected chi connectivity index (χ1v) is 5.27. The molecular formula is C11H14N2S. The fourth-order valence-electron chi connectivity index (χ4n) is 1.13. The van der Waals surface area contributed by atoms with Gasteiger partial charge in [0.1, 0.15) is 0 Å². The molecule has 74 valence electrons. The van der Waals surface area contributed by atoms with Crippen LogP contribution in [-0.4, -0.2) is 16.0 Å². The third kappa shape index (κ3) is 2.64. The molecule has 14 heavy (non-hydrogen) atoms. The lowest BCUT2D eigenvalue weighted by Crippen LogP contribution is -1.92. The van der Waals surface area contributed by atoms with Crippen LogP contribution in [-0.2, 0) is 0 Å². The average Bonchev–Trinajstić information content (AvgIpc) is 2.69. The highest BCUT2D eigenvalue weighted by Crippen LogP contribution is 2.05. The maximum atomic E-state index is 4.20. The Bertz CT molecular complexity index is 368. The zero-order valence-corrected chi connectivity index (χ0v) is 9.28. The molecule has 0 radical (unpaired) electrons. The van der Waals surface area contributed by atoms with E-state index in [-0.39, 0.29) is 0 Å². The maximum absolute atomic E-state index is 4.20. The largest absolute Gasteiger partial charge is 0.241 e. The molecule has 1 aromatic carbocycles. The van der Waals surface area contributed by atoms with Crippen molar-refractivity contribution in [3.8, 4) is 5.69 Å². The molecule has 0 atom stereocenters. The van der Waals surface area contributed by atoms with Gasteiger partial charge >= 0.3 is 0 Å². The second kappa shape index (κ2) is 5.50. The molecule has 0 aliphatic heterocycles. The van der Waals surface area contributed by atoms with Crippen LogP contribution in [0.5, 0.6) is 0 Å². The number of aromatic nitrogens is 2. The van der Waals surface area contributed by atoms with Gasteiger partial charge < -0.3 is 0 Å². The van der Waals surface area contributed by atoms with Crippen LogP contribution >= 0.6 is 12.6 Å². The van der Waals surface area contributed by atoms with Gasteiger partial charge in [-0.25, -0.2) is 4.68 Å². The van der Waals surface area contributed by atoms with E-state index >= 15 is 0 Å². The van der Waals surface area contributed by atoms with Crippen LogP contribution in [0.25, 0.3) is 5.69 Å². The van der Waals surface area contributed by atoms with E-state index in [0.717, 1.165) is 5.69 Å². The molecule has 0 unspecified atom stereocenters. The summed E-state index contributed by atoms with van der Waals surface area (Å²) in [6, 6.07) is 10.1. The van der Waals surface area contributed by atoms with Gasteiger partial charge in [-0.15, -0.1) is 0 Å². The van der Waals surface area contributed by atoms with E-state index in [2.05, 4.69) is 17.7 Å². The summed E-state index contributed by atoms with van der Waals surface area (Å²) in [6.07, 6.45) is 5.56. The van der Waals surface area contributed by atoms with E-state index in [0.29, 0.717) is 0 Å². The Kier molecular flexibility index (Phi) is 4.26. The lowest BCUT2D eigenvalue weighted by Gasteiger charge is -1.98. The van der Waals surface area contributed by atoms with Crippen LogP contribution in [0.1, 0.15) is 5.56 Å². The Balaban J connectivity index is 0.000000461. The van der Waals surface area contributed by atoms with Gasteiger partial charge in [0.2, 0.25) is 0 Å². The lowest BCUT2D eigenvalue weighted by atomic mass is 10.3. The predicted molar refractivity (Wildman–Crippen MR) is 63.2 cm³/mol. The quantitative estimate of drug-likeness (QED) is 0.710. The number of hydrogen-bond donors (Lipinski definition) is 1. The summed E-state index contributed by atoms with van der Waals surface area (Å²) >= 11 is 3.53. The summed E-state index contributed by atoms with van der Waals surface area (Å²) in [6.45, 7) is 2.03. The van der Waals surface area contributed by atoms with Crippen molar-refractivity contribution in [1.29, 1.82) is 0 Å². The van der Waals surface area contributed by atoms with E-state index in [1.54, 1.807) is 6.26 Å². The van der Waals surface area contributed by atoms with E-state index in [4.69, 9.17) is 0 Å². The third-order valence-corrected chi connectivity index (χ3v) is 1.73. The highest BCUT2D eigenvalue weighted by molar-refractivity contribution is 7.79. The molecule has 0 saturated carbocycles. The molecular weight excluding hydrogens is 192 g/mol. The first-order valence-electron chi connectivity index (χ1n) is 4.38. The predicted octanol–water partition coefficient (Wildman–Crippen LogP) is 2.73. The Morgan fingerprint density at radius 1 is 1.14 bits per heavy atom. The monoisotopic (exact) mass is 206 g/mol. The minimum Gasteiger partial charge on any atom is -0.241 e. The molecule has 2 rings (SSSR count). The molecule has 2 nitrogen and oxygen atoms in total. The van der Waals surface area contributed by atoms with Crippen molar-refractivity contribution >= 4 is 12.6 Å². The van der Waals surface area contributed by atoms with Crippen molar-refractivity contribution in [2.45, 2.75) is 6.92 Å². The highest BCUT2D eigenvalue weighted by Gasteiger charge is 1.94. The van der Waals surface area contributed by atoms with E-state index < -0.39 is 0 Å². The maximum Gasteiger partial charge on any atom is 0.0645 e. The topological polar surface area (TPSA) is 17.8 Å². The molecule has 0 aliphatic rings. The molecule has 0 spiro atoms. The van der Waals surface area contributed by atoms with Crippen LogP contribution in [0.4, 0.5) is 0 Å². The summed E-state index contributed by atoms with van der Waals surface area (Å²) in [7, 11) is 0. The zero-order chi connectivity index (χ0) is 10.4. The van der Waals surface area contributed by atoms with Crippen molar-refractivity contribution in [2.75, 3.05) is 6.26 Å². The van der Waals surface area contributed by atoms with E-state index in [9.17, 15) is 0 Å². The molecule has 0 bridgehead atoms. The Morgan fingerprint density at radius 2 is 1.79 bits per heavy atom. The van der Waals surface area contributed by atoms with Crippen LogP contribution in [0.3, 0.4) is 0 Å². The molecule has 0 aliphatic carbocycles. The Hall–Kier alpha value is -1.22. The minimum absolute atomic E-state index is 1.10. The third-order valence-electron chi connectivity index (χ3n) is 1.73. The smallest absolute Gasteiger partial charge is 0.0645 e. The van der Waals surface area contributed by atoms with Gasteiger partial charge in [-0.05, 0) is 30.9 Å². The normalized spacial score (nSPS) is 9.07. The SMILES string of the molecule is CS.Cc1cnn(-c2ccccc2)c1. The molecule has 1 aromatic heterocycles. The van der Waals surface area contributed by atoms with Gasteiger partial charge in [0.15, 0.2) is 0 Å². The highest BCUT2D eigenvalue weighted by atomic mass is 32.1. The zero-order valence-electron chi connectivity index (χ0n) is 8.38. The summed E-state index contributed by atoms with van der Waals surface area (Å²) in [5.41, 5.74) is 2.28. The van der Waals surface area contributed by atoms with Crippen LogP contribution < -0.4 is 0 Å². The Labute approximate surface area is 90.0 Å². The number of para-hydroxylation sites is 1. The number of hydrogen-bond acceptors (Lipinski definition) is 2. The summed E-state index contributed by atoms with van der Waals surface area (Å²) in [5.74, 6) is 0. The van der Waals surface area contributed by atoms with Crippen LogP contribution in [0.15, 0.2) is 42.7 Å². The lowest BCUT2D eigenvalue weighted by molar-refractivity contribution is 0.880. The molecule has 0 saturated heterocycles. The second-order valence-corrected chi connectivity index (χ2v) is 2.80. The molecule has 2 aromatic rings. The number of thiol groups is 1. The van der Waals surface area contributed by atoms with Crippen molar-refractivity contribution in [3.05, 3.63) is 48.3 Å². The number of aryl methyl sites for hydroxylation is 1. The second-order valence-electron chi connectivity index (χ2n) is 2.80. The van der Waals surface area contributed by atoms with Gasteiger partial charge in [0, 0.05) is 6.20 Å². The Morgan fingerprint density at radius 3 is 2.29 bits per heavy atom. The number of rotatable bonds is 1. The number of benzene rings is 1. The van der Waals surface area contributed by atoms with Gasteiger partial charge in [-0.3, -0.25) is 0 Å². The van der Waals surface area contributed by atoms with Crippen molar-refractivity contribution in [1.82, 2.24) is 9.78 Å². The van der Waals surface area contributed by atoms with Gasteiger partial charge in [0.25, 0.3) is 0 Å². The van der Waals surface area contributed by atoms with E-state index in [1.165, 1.54) is 5.56 Å². The number of nitrogens with zero attached hydrogens (tertiary/aromatic N) is 2. The fourth-order valence-corrected chi connectivity index (χ4v) is 1.13. The molecule has 3 heteroatoms. The van der Waals surface area contributed by atoms with Crippen molar-refractivity contribution < 1.29 is 0 Å². The van der Waals surface area contributed by atoms with E-state index in [1.807, 2.05) is 54.3 Å². The summed E-state index contributed by atoms with van der Waals surface area (Å²) in [5, 5.41) is 4.20. The molecule has 0 fully saturated rings. The summed E-state index contributed by atoms with van der Waals surface area (Å²) in [4.78, 5) is 0. The van der Waals surface area contributed by atoms with Crippen LogP contribution in [0, 0.1) is 6.92 Å².